The molecule has 1 aromatic rings. The molecule has 0 aliphatic heterocycles. The average Bonchev–Trinajstić information content (AvgIpc) is 2.32. The molecule has 0 atom stereocenters. The normalized spacial score (nSPS) is 8.65. The fraction of sp³-hybridized carbons (Fsp3) is 0.333. The Morgan fingerprint density at radius 3 is 1.88 bits per heavy atom. The lowest BCUT2D eigenvalue weighted by molar-refractivity contribution is -0.572. The lowest BCUT2D eigenvalue weighted by Gasteiger charge is -1.93. The molecule has 0 radical (unpaired) electrons. The van der Waals surface area contributed by atoms with Crippen molar-refractivity contribution < 1.29 is 46.8 Å². The second-order valence-electron chi connectivity index (χ2n) is 2.36. The zero-order chi connectivity index (χ0) is 12.2. The van der Waals surface area contributed by atoms with Gasteiger partial charge < -0.3 is 22.6 Å². The minimum atomic E-state index is -0.597. The number of hydrogen-bond acceptors (Lipinski definition) is 6. The van der Waals surface area contributed by atoms with Gasteiger partial charge in [0, 0.05) is 12.1 Å². The van der Waals surface area contributed by atoms with Crippen molar-refractivity contribution in [3.63, 3.8) is 0 Å². The molecule has 1 heterocycles. The van der Waals surface area contributed by atoms with Crippen LogP contribution in [0.2, 0.25) is 0 Å². The summed E-state index contributed by atoms with van der Waals surface area (Å²) in [7, 11) is 0. The van der Waals surface area contributed by atoms with Gasteiger partial charge in [0.05, 0.1) is 6.92 Å². The van der Waals surface area contributed by atoms with E-state index in [9.17, 15) is 4.79 Å². The molecule has 0 spiro atoms. The van der Waals surface area contributed by atoms with Crippen LogP contribution in [0.3, 0.4) is 0 Å². The number of halogens is 1. The Hall–Kier alpha value is -1.09. The second-order valence-corrected chi connectivity index (χ2v) is 2.36. The lowest BCUT2D eigenvalue weighted by Crippen LogP contribution is -3.00. The molecule has 0 bridgehead atoms. The van der Waals surface area contributed by atoms with Gasteiger partial charge in [0.15, 0.2) is 26.0 Å². The van der Waals surface area contributed by atoms with Crippen LogP contribution in [0, 0.1) is 0 Å². The first-order valence-corrected chi connectivity index (χ1v) is 4.32. The minimum absolute atomic E-state index is 0. The van der Waals surface area contributed by atoms with Crippen LogP contribution in [0.1, 0.15) is 11.7 Å². The van der Waals surface area contributed by atoms with Crippen LogP contribution in [-0.4, -0.2) is 29.7 Å². The van der Waals surface area contributed by atoms with Crippen molar-refractivity contribution in [1.29, 1.82) is 0 Å². The Balaban J connectivity index is 0. The first-order chi connectivity index (χ1) is 7.72. The zero-order valence-corrected chi connectivity index (χ0v) is 9.91. The number of aliphatic hydroxyl groups is 2. The van der Waals surface area contributed by atoms with Crippen molar-refractivity contribution in [1.82, 2.24) is 0 Å². The molecule has 7 nitrogen and oxygen atoms in total. The predicted molar refractivity (Wildman–Crippen MR) is 50.4 cm³/mol. The molecule has 8 heteroatoms. The number of pyridine rings is 1. The number of aromatic nitrogens is 1. The Bertz CT molecular complexity index is 280. The molecule has 17 heavy (non-hydrogen) atoms. The molecule has 0 amide bonds. The Morgan fingerprint density at radius 2 is 1.59 bits per heavy atom. The highest BCUT2D eigenvalue weighted by Gasteiger charge is 2.01. The van der Waals surface area contributed by atoms with E-state index in [1.165, 1.54) is 11.5 Å². The predicted octanol–water partition coefficient (Wildman–Crippen LogP) is -3.60. The standard InChI is InChI=1S/C7H8NO.C2H6O5.ClH/c1-7(9)8-5-3-2-4-6-8;3-1-5-7-6-2-4;/h2-6H,1H3;3-4H,1-2H2;1H/q+1;;/p-1. The van der Waals surface area contributed by atoms with Crippen LogP contribution in [0.15, 0.2) is 30.6 Å². The third-order valence-corrected chi connectivity index (χ3v) is 1.28. The van der Waals surface area contributed by atoms with E-state index in [-0.39, 0.29) is 18.3 Å². The van der Waals surface area contributed by atoms with E-state index in [0.717, 1.165) is 0 Å². The van der Waals surface area contributed by atoms with E-state index < -0.39 is 13.6 Å². The summed E-state index contributed by atoms with van der Waals surface area (Å²) < 4.78 is 1.53. The summed E-state index contributed by atoms with van der Waals surface area (Å²) in [6.45, 7) is 0.333. The van der Waals surface area contributed by atoms with Gasteiger partial charge in [-0.05, 0) is 0 Å². The highest BCUT2D eigenvalue weighted by Crippen LogP contribution is 1.75. The maximum atomic E-state index is 10.6. The van der Waals surface area contributed by atoms with Crippen LogP contribution in [0.25, 0.3) is 0 Å². The summed E-state index contributed by atoms with van der Waals surface area (Å²) in [6, 6.07) is 5.52. The number of carbonyl (C=O) groups is 1. The van der Waals surface area contributed by atoms with Gasteiger partial charge in [0.2, 0.25) is 0 Å². The molecule has 0 aliphatic carbocycles. The highest BCUT2D eigenvalue weighted by molar-refractivity contribution is 5.62. The largest absolute Gasteiger partial charge is 1.00 e. The van der Waals surface area contributed by atoms with E-state index >= 15 is 0 Å². The fourth-order valence-corrected chi connectivity index (χ4v) is 0.686. The van der Waals surface area contributed by atoms with Crippen LogP contribution in [0.4, 0.5) is 0 Å². The highest BCUT2D eigenvalue weighted by atomic mass is 35.5. The smallest absolute Gasteiger partial charge is 0.389 e. The number of hydrogen-bond donors (Lipinski definition) is 2. The molecule has 2 N–H and O–H groups in total. The van der Waals surface area contributed by atoms with Gasteiger partial charge >= 0.3 is 5.91 Å². The SMILES string of the molecule is CC(=O)[n+]1ccccc1.OCOOOCO.[Cl-]. The Labute approximate surface area is 104 Å². The number of carbonyl (C=O) groups excluding carboxylic acids is 1. The summed E-state index contributed by atoms with van der Waals surface area (Å²) in [4.78, 5) is 18.1. The molecular formula is C9H14ClNO6. The summed E-state index contributed by atoms with van der Waals surface area (Å²) in [5.74, 6) is 0.0376. The summed E-state index contributed by atoms with van der Waals surface area (Å²) in [5.41, 5.74) is 0. The van der Waals surface area contributed by atoms with Crippen molar-refractivity contribution in [2.24, 2.45) is 0 Å². The third-order valence-electron chi connectivity index (χ3n) is 1.28. The molecule has 0 aliphatic rings. The fourth-order valence-electron chi connectivity index (χ4n) is 0.686. The first kappa shape index (κ1) is 18.3. The molecule has 98 valence electrons. The van der Waals surface area contributed by atoms with Gasteiger partial charge in [-0.25, -0.2) is 4.79 Å². The lowest BCUT2D eigenvalue weighted by atomic mass is 10.5. The van der Waals surface area contributed by atoms with Gasteiger partial charge in [-0.1, -0.05) is 11.1 Å². The van der Waals surface area contributed by atoms with Crippen molar-refractivity contribution in [3.05, 3.63) is 30.6 Å². The summed E-state index contributed by atoms with van der Waals surface area (Å²) in [6.07, 6.45) is 3.45. The van der Waals surface area contributed by atoms with Crippen LogP contribution in [0.5, 0.6) is 0 Å². The maximum Gasteiger partial charge on any atom is 0.389 e. The maximum absolute atomic E-state index is 10.6. The van der Waals surface area contributed by atoms with Gasteiger partial charge in [-0.2, -0.15) is 9.78 Å². The molecule has 1 rings (SSSR count). The number of rotatable bonds is 4. The molecule has 0 unspecified atom stereocenters. The number of aliphatic hydroxyl groups excluding tert-OH is 2. The van der Waals surface area contributed by atoms with Crippen LogP contribution >= 0.6 is 0 Å². The number of nitrogens with zero attached hydrogens (tertiary/aromatic N) is 1. The van der Waals surface area contributed by atoms with Crippen LogP contribution < -0.4 is 17.0 Å². The monoisotopic (exact) mass is 267 g/mol. The molecule has 0 fully saturated rings. The van der Waals surface area contributed by atoms with Gasteiger partial charge in [0.25, 0.3) is 0 Å². The summed E-state index contributed by atoms with van der Waals surface area (Å²) in [5, 5.41) is 19.2. The molecule has 1 aromatic heterocycles. The van der Waals surface area contributed by atoms with Crippen molar-refractivity contribution in [3.8, 4) is 0 Å². The minimum Gasteiger partial charge on any atom is -1.00 e. The van der Waals surface area contributed by atoms with E-state index in [1.54, 1.807) is 12.4 Å². The van der Waals surface area contributed by atoms with E-state index in [2.05, 4.69) is 14.8 Å². The van der Waals surface area contributed by atoms with E-state index in [4.69, 9.17) is 10.2 Å². The third kappa shape index (κ3) is 11.2. The molecule has 0 saturated carbocycles. The summed E-state index contributed by atoms with van der Waals surface area (Å²) >= 11 is 0. The second kappa shape index (κ2) is 13.0. The van der Waals surface area contributed by atoms with Gasteiger partial charge in [0.1, 0.15) is 0 Å². The van der Waals surface area contributed by atoms with Crippen molar-refractivity contribution in [2.75, 3.05) is 13.6 Å². The van der Waals surface area contributed by atoms with Crippen molar-refractivity contribution in [2.45, 2.75) is 6.92 Å². The zero-order valence-electron chi connectivity index (χ0n) is 9.15. The molecule has 0 saturated heterocycles. The van der Waals surface area contributed by atoms with Crippen molar-refractivity contribution >= 4 is 5.91 Å². The first-order valence-electron chi connectivity index (χ1n) is 4.32. The Morgan fingerprint density at radius 1 is 1.12 bits per heavy atom. The van der Waals surface area contributed by atoms with Gasteiger partial charge in [-0.3, -0.25) is 0 Å². The molecule has 0 aromatic carbocycles. The van der Waals surface area contributed by atoms with E-state index in [1.807, 2.05) is 18.2 Å². The van der Waals surface area contributed by atoms with E-state index in [0.29, 0.717) is 0 Å². The molecular weight excluding hydrogens is 254 g/mol. The Kier molecular flexibility index (Phi) is 14.0. The van der Waals surface area contributed by atoms with Gasteiger partial charge in [-0.15, -0.1) is 4.57 Å². The van der Waals surface area contributed by atoms with Crippen LogP contribution in [-0.2, 0) is 14.8 Å². The quantitative estimate of drug-likeness (QED) is 0.193. The average molecular weight is 268 g/mol. The topological polar surface area (TPSA) is 89.1 Å².